The number of benzene rings is 1. The molecule has 0 aromatic heterocycles. The Labute approximate surface area is 89.5 Å². The van der Waals surface area contributed by atoms with Gasteiger partial charge in [0.1, 0.15) is 18.5 Å². The lowest BCUT2D eigenvalue weighted by molar-refractivity contribution is -0.138. The largest absolute Gasteiger partial charge is 0.496 e. The Bertz CT molecular complexity index is 362. The van der Waals surface area contributed by atoms with E-state index in [1.54, 1.807) is 0 Å². The molecule has 1 aromatic carbocycles. The van der Waals surface area contributed by atoms with Crippen molar-refractivity contribution in [3.05, 3.63) is 29.3 Å². The highest BCUT2D eigenvalue weighted by atomic mass is 19.4. The number of alkyl halides is 4. The maximum Gasteiger partial charge on any atom is 0.419 e. The summed E-state index contributed by atoms with van der Waals surface area (Å²) in [6.45, 7) is -1.06. The third-order valence-electron chi connectivity index (χ3n) is 2.06. The molecule has 0 spiro atoms. The van der Waals surface area contributed by atoms with Gasteiger partial charge in [-0.3, -0.25) is 0 Å². The van der Waals surface area contributed by atoms with E-state index in [2.05, 4.69) is 4.74 Å². The minimum atomic E-state index is -4.54. The van der Waals surface area contributed by atoms with Crippen LogP contribution in [0.2, 0.25) is 0 Å². The molecule has 6 heteroatoms. The normalized spacial score (nSPS) is 13.6. The van der Waals surface area contributed by atoms with E-state index in [1.807, 2.05) is 0 Å². The Morgan fingerprint density at radius 3 is 2.44 bits per heavy atom. The molecule has 0 amide bonds. The second-order valence-corrected chi connectivity index (χ2v) is 3.13. The third-order valence-corrected chi connectivity index (χ3v) is 2.06. The summed E-state index contributed by atoms with van der Waals surface area (Å²) in [6.07, 6.45) is -5.97. The summed E-state index contributed by atoms with van der Waals surface area (Å²) >= 11 is 0. The molecule has 0 saturated carbocycles. The van der Waals surface area contributed by atoms with Crippen LogP contribution in [0.3, 0.4) is 0 Å². The average Bonchev–Trinajstić information content (AvgIpc) is 2.25. The van der Waals surface area contributed by atoms with E-state index in [9.17, 15) is 17.6 Å². The SMILES string of the molecule is COc1cc(C(O)CF)ccc1C(F)(F)F. The summed E-state index contributed by atoms with van der Waals surface area (Å²) in [5, 5.41) is 9.13. The van der Waals surface area contributed by atoms with Gasteiger partial charge < -0.3 is 9.84 Å². The summed E-state index contributed by atoms with van der Waals surface area (Å²) in [6, 6.07) is 2.76. The number of hydrogen-bond donors (Lipinski definition) is 1. The van der Waals surface area contributed by atoms with Crippen LogP contribution in [-0.4, -0.2) is 18.9 Å². The molecule has 2 nitrogen and oxygen atoms in total. The third kappa shape index (κ3) is 2.63. The van der Waals surface area contributed by atoms with Crippen molar-refractivity contribution >= 4 is 0 Å². The highest BCUT2D eigenvalue weighted by Crippen LogP contribution is 2.37. The number of rotatable bonds is 3. The molecule has 0 radical (unpaired) electrons. The van der Waals surface area contributed by atoms with Crippen molar-refractivity contribution in [2.45, 2.75) is 12.3 Å². The lowest BCUT2D eigenvalue weighted by Gasteiger charge is -2.14. The monoisotopic (exact) mass is 238 g/mol. The van der Waals surface area contributed by atoms with Gasteiger partial charge in [-0.15, -0.1) is 0 Å². The number of halogens is 4. The molecule has 0 saturated heterocycles. The second kappa shape index (κ2) is 4.69. The van der Waals surface area contributed by atoms with E-state index in [-0.39, 0.29) is 5.56 Å². The van der Waals surface area contributed by atoms with Gasteiger partial charge in [-0.1, -0.05) is 6.07 Å². The fraction of sp³-hybridized carbons (Fsp3) is 0.400. The molecule has 0 aliphatic rings. The number of aliphatic hydroxyl groups excluding tert-OH is 1. The average molecular weight is 238 g/mol. The Hall–Kier alpha value is -1.30. The molecule has 16 heavy (non-hydrogen) atoms. The first-order chi connectivity index (χ1) is 7.40. The van der Waals surface area contributed by atoms with Gasteiger partial charge in [0.15, 0.2) is 0 Å². The molecule has 90 valence electrons. The Kier molecular flexibility index (Phi) is 3.74. The quantitative estimate of drug-likeness (QED) is 0.820. The number of hydrogen-bond acceptors (Lipinski definition) is 2. The molecule has 0 fully saturated rings. The Morgan fingerprint density at radius 2 is 2.00 bits per heavy atom. The number of methoxy groups -OCH3 is 1. The van der Waals surface area contributed by atoms with Crippen LogP contribution in [-0.2, 0) is 6.18 Å². The van der Waals surface area contributed by atoms with E-state index in [0.29, 0.717) is 0 Å². The van der Waals surface area contributed by atoms with Crippen LogP contribution in [0.1, 0.15) is 17.2 Å². The smallest absolute Gasteiger partial charge is 0.419 e. The number of ether oxygens (including phenoxy) is 1. The van der Waals surface area contributed by atoms with Crippen molar-refractivity contribution in [1.29, 1.82) is 0 Å². The van der Waals surface area contributed by atoms with E-state index in [0.717, 1.165) is 25.3 Å². The minimum Gasteiger partial charge on any atom is -0.496 e. The van der Waals surface area contributed by atoms with E-state index >= 15 is 0 Å². The topological polar surface area (TPSA) is 29.5 Å². The van der Waals surface area contributed by atoms with Gasteiger partial charge in [0, 0.05) is 0 Å². The van der Waals surface area contributed by atoms with Crippen LogP contribution < -0.4 is 4.74 Å². The summed E-state index contributed by atoms with van der Waals surface area (Å²) in [5.74, 6) is -0.433. The van der Waals surface area contributed by atoms with Crippen molar-refractivity contribution in [2.24, 2.45) is 0 Å². The molecule has 0 aliphatic heterocycles. The standard InChI is InChI=1S/C10H10F4O2/c1-16-9-4-6(8(15)5-11)2-3-7(9)10(12,13)14/h2-4,8,15H,5H2,1H3. The minimum absolute atomic E-state index is 0.0485. The summed E-state index contributed by atoms with van der Waals surface area (Å²) < 4.78 is 54.0. The first kappa shape index (κ1) is 12.8. The fourth-order valence-corrected chi connectivity index (χ4v) is 1.24. The molecule has 0 heterocycles. The molecule has 1 atom stereocenters. The predicted octanol–water partition coefficient (Wildman–Crippen LogP) is 2.72. The van der Waals surface area contributed by atoms with Crippen molar-refractivity contribution in [1.82, 2.24) is 0 Å². The lowest BCUT2D eigenvalue weighted by Crippen LogP contribution is -2.09. The zero-order valence-corrected chi connectivity index (χ0v) is 8.38. The first-order valence-electron chi connectivity index (χ1n) is 4.39. The molecule has 0 bridgehead atoms. The van der Waals surface area contributed by atoms with Crippen molar-refractivity contribution < 1.29 is 27.4 Å². The summed E-state index contributed by atoms with van der Waals surface area (Å²) in [4.78, 5) is 0. The Balaban J connectivity index is 3.17. The van der Waals surface area contributed by atoms with Crippen molar-refractivity contribution in [2.75, 3.05) is 13.8 Å². The summed E-state index contributed by atoms with van der Waals surface area (Å²) in [5.41, 5.74) is -0.905. The molecular weight excluding hydrogens is 228 g/mol. The van der Waals surface area contributed by atoms with Crippen LogP contribution in [0.15, 0.2) is 18.2 Å². The van der Waals surface area contributed by atoms with Crippen LogP contribution >= 0.6 is 0 Å². The van der Waals surface area contributed by atoms with Gasteiger partial charge in [-0.2, -0.15) is 13.2 Å². The molecule has 1 unspecified atom stereocenters. The van der Waals surface area contributed by atoms with Crippen LogP contribution in [0.25, 0.3) is 0 Å². The zero-order chi connectivity index (χ0) is 12.3. The summed E-state index contributed by atoms with van der Waals surface area (Å²) in [7, 11) is 1.08. The lowest BCUT2D eigenvalue weighted by atomic mass is 10.1. The highest BCUT2D eigenvalue weighted by Gasteiger charge is 2.34. The molecule has 1 N–H and O–H groups in total. The Morgan fingerprint density at radius 1 is 1.38 bits per heavy atom. The van der Waals surface area contributed by atoms with Crippen LogP contribution in [0.5, 0.6) is 5.75 Å². The first-order valence-corrected chi connectivity index (χ1v) is 4.39. The van der Waals surface area contributed by atoms with E-state index in [1.165, 1.54) is 0 Å². The molecule has 1 aromatic rings. The van der Waals surface area contributed by atoms with E-state index < -0.39 is 30.3 Å². The van der Waals surface area contributed by atoms with Gasteiger partial charge in [0.2, 0.25) is 0 Å². The zero-order valence-electron chi connectivity index (χ0n) is 8.38. The van der Waals surface area contributed by atoms with Crippen molar-refractivity contribution in [3.8, 4) is 5.75 Å². The van der Waals surface area contributed by atoms with Crippen LogP contribution in [0.4, 0.5) is 17.6 Å². The van der Waals surface area contributed by atoms with Crippen LogP contribution in [0, 0.1) is 0 Å². The number of aliphatic hydroxyl groups is 1. The van der Waals surface area contributed by atoms with E-state index in [4.69, 9.17) is 5.11 Å². The maximum atomic E-state index is 12.4. The van der Waals surface area contributed by atoms with Gasteiger partial charge in [-0.05, 0) is 17.7 Å². The molecular formula is C10H10F4O2. The van der Waals surface area contributed by atoms with Gasteiger partial charge in [0.05, 0.1) is 12.7 Å². The van der Waals surface area contributed by atoms with Crippen molar-refractivity contribution in [3.63, 3.8) is 0 Å². The fourth-order valence-electron chi connectivity index (χ4n) is 1.24. The van der Waals surface area contributed by atoms with Gasteiger partial charge in [-0.25, -0.2) is 4.39 Å². The molecule has 1 rings (SSSR count). The predicted molar refractivity (Wildman–Crippen MR) is 48.9 cm³/mol. The van der Waals surface area contributed by atoms with Gasteiger partial charge in [0.25, 0.3) is 0 Å². The highest BCUT2D eigenvalue weighted by molar-refractivity contribution is 5.40. The molecule has 0 aliphatic carbocycles. The van der Waals surface area contributed by atoms with Gasteiger partial charge >= 0.3 is 6.18 Å². The maximum absolute atomic E-state index is 12.4. The second-order valence-electron chi connectivity index (χ2n) is 3.13.